The van der Waals surface area contributed by atoms with E-state index in [4.69, 9.17) is 10.5 Å². The fourth-order valence-corrected chi connectivity index (χ4v) is 0.992. The molecule has 2 nitrogen and oxygen atoms in total. The molecule has 15 heavy (non-hydrogen) atoms. The van der Waals surface area contributed by atoms with Crippen LogP contribution in [0.15, 0.2) is 24.3 Å². The van der Waals surface area contributed by atoms with Crippen LogP contribution in [0.4, 0.5) is 18.9 Å². The zero-order valence-corrected chi connectivity index (χ0v) is 8.05. The van der Waals surface area contributed by atoms with Crippen LogP contribution in [-0.4, -0.2) is 12.8 Å². The molecule has 2 N–H and O–H groups in total. The number of hydrogen-bond donors (Lipinski definition) is 1. The van der Waals surface area contributed by atoms with E-state index in [1.807, 2.05) is 0 Å². The maximum Gasteiger partial charge on any atom is 0.391 e. The first-order valence-corrected chi connectivity index (χ1v) is 4.46. The first-order valence-electron chi connectivity index (χ1n) is 4.46. The smallest absolute Gasteiger partial charge is 0.391 e. The second-order valence-corrected chi connectivity index (χ2v) is 3.16. The van der Waals surface area contributed by atoms with Gasteiger partial charge in [-0.15, -0.1) is 0 Å². The van der Waals surface area contributed by atoms with Crippen molar-refractivity contribution in [1.82, 2.24) is 0 Å². The van der Waals surface area contributed by atoms with Crippen molar-refractivity contribution < 1.29 is 17.9 Å². The first-order chi connectivity index (χ1) is 6.97. The molecule has 0 saturated carbocycles. The molecule has 0 aliphatic rings. The summed E-state index contributed by atoms with van der Waals surface area (Å²) in [5, 5.41) is 0. The number of alkyl halides is 3. The summed E-state index contributed by atoms with van der Waals surface area (Å²) in [6.45, 7) is -0.135. The molecule has 0 atom stereocenters. The van der Waals surface area contributed by atoms with Gasteiger partial charge in [0, 0.05) is 5.69 Å². The van der Waals surface area contributed by atoms with Crippen LogP contribution in [0.3, 0.4) is 0 Å². The molecule has 0 amide bonds. The van der Waals surface area contributed by atoms with E-state index in [-0.39, 0.29) is 13.2 Å². The molecule has 84 valence electrons. The van der Waals surface area contributed by atoms with Gasteiger partial charge >= 0.3 is 6.18 Å². The normalized spacial score (nSPS) is 11.7. The van der Waals surface area contributed by atoms with Gasteiger partial charge in [0.05, 0.1) is 19.6 Å². The van der Waals surface area contributed by atoms with Gasteiger partial charge in [-0.1, -0.05) is 12.1 Å². The van der Waals surface area contributed by atoms with Gasteiger partial charge < -0.3 is 10.5 Å². The number of hydrogen-bond acceptors (Lipinski definition) is 2. The van der Waals surface area contributed by atoms with Crippen molar-refractivity contribution in [2.45, 2.75) is 19.2 Å². The van der Waals surface area contributed by atoms with Gasteiger partial charge in [0.2, 0.25) is 0 Å². The standard InChI is InChI=1S/C10H12F3NO/c11-10(12,13)5-6-15-7-8-1-3-9(14)4-2-8/h1-4H,5-7,14H2. The molecule has 1 rings (SSSR count). The van der Waals surface area contributed by atoms with E-state index in [1.165, 1.54) is 0 Å². The summed E-state index contributed by atoms with van der Waals surface area (Å²) >= 11 is 0. The summed E-state index contributed by atoms with van der Waals surface area (Å²) < 4.78 is 40.1. The highest BCUT2D eigenvalue weighted by Gasteiger charge is 2.26. The van der Waals surface area contributed by atoms with Crippen molar-refractivity contribution in [3.63, 3.8) is 0 Å². The Balaban J connectivity index is 2.23. The van der Waals surface area contributed by atoms with Crippen molar-refractivity contribution in [1.29, 1.82) is 0 Å². The molecule has 0 bridgehead atoms. The van der Waals surface area contributed by atoms with Crippen LogP contribution in [0.1, 0.15) is 12.0 Å². The molecule has 0 radical (unpaired) electrons. The predicted molar refractivity (Wildman–Crippen MR) is 51.2 cm³/mol. The Morgan fingerprint density at radius 3 is 2.27 bits per heavy atom. The van der Waals surface area contributed by atoms with E-state index >= 15 is 0 Å². The predicted octanol–water partition coefficient (Wildman–Crippen LogP) is 2.74. The van der Waals surface area contributed by atoms with Gasteiger partial charge in [-0.2, -0.15) is 13.2 Å². The Kier molecular flexibility index (Phi) is 3.96. The zero-order chi connectivity index (χ0) is 11.3. The highest BCUT2D eigenvalue weighted by atomic mass is 19.4. The lowest BCUT2D eigenvalue weighted by Gasteiger charge is -2.07. The number of rotatable bonds is 4. The molecule has 0 fully saturated rings. The van der Waals surface area contributed by atoms with Gasteiger partial charge in [0.25, 0.3) is 0 Å². The average molecular weight is 219 g/mol. The van der Waals surface area contributed by atoms with Crippen LogP contribution in [0, 0.1) is 0 Å². The number of nitrogens with two attached hydrogens (primary N) is 1. The third-order valence-electron chi connectivity index (χ3n) is 1.78. The molecule has 0 aromatic heterocycles. The number of ether oxygens (including phenoxy) is 1. The Bertz CT molecular complexity index is 295. The molecule has 0 saturated heterocycles. The monoisotopic (exact) mass is 219 g/mol. The summed E-state index contributed by atoms with van der Waals surface area (Å²) in [5.41, 5.74) is 6.88. The molecule has 0 aliphatic carbocycles. The summed E-state index contributed by atoms with van der Waals surface area (Å²) in [7, 11) is 0. The number of benzene rings is 1. The van der Waals surface area contributed by atoms with Crippen molar-refractivity contribution in [3.05, 3.63) is 29.8 Å². The lowest BCUT2D eigenvalue weighted by Crippen LogP contribution is -2.11. The molecular formula is C10H12F3NO. The topological polar surface area (TPSA) is 35.2 Å². The van der Waals surface area contributed by atoms with Gasteiger partial charge in [-0.05, 0) is 17.7 Å². The molecule has 0 spiro atoms. The fraction of sp³-hybridized carbons (Fsp3) is 0.400. The van der Waals surface area contributed by atoms with Crippen LogP contribution in [0.2, 0.25) is 0 Å². The van der Waals surface area contributed by atoms with Crippen molar-refractivity contribution in [2.24, 2.45) is 0 Å². The van der Waals surface area contributed by atoms with E-state index in [9.17, 15) is 13.2 Å². The van der Waals surface area contributed by atoms with Gasteiger partial charge in [-0.25, -0.2) is 0 Å². The molecule has 0 unspecified atom stereocenters. The van der Waals surface area contributed by atoms with Crippen LogP contribution < -0.4 is 5.73 Å². The van der Waals surface area contributed by atoms with E-state index in [0.29, 0.717) is 5.69 Å². The minimum atomic E-state index is -4.15. The van der Waals surface area contributed by atoms with E-state index in [0.717, 1.165) is 5.56 Å². The van der Waals surface area contributed by atoms with Crippen molar-refractivity contribution in [2.75, 3.05) is 12.3 Å². The van der Waals surface area contributed by atoms with Crippen molar-refractivity contribution in [3.8, 4) is 0 Å². The van der Waals surface area contributed by atoms with Gasteiger partial charge in [0.15, 0.2) is 0 Å². The number of halogens is 3. The molecule has 1 aromatic carbocycles. The Hall–Kier alpha value is -1.23. The average Bonchev–Trinajstić information content (AvgIpc) is 2.14. The number of anilines is 1. The highest BCUT2D eigenvalue weighted by Crippen LogP contribution is 2.19. The maximum absolute atomic E-state index is 11.7. The summed E-state index contributed by atoms with van der Waals surface area (Å²) in [6.07, 6.45) is -5.07. The van der Waals surface area contributed by atoms with Crippen LogP contribution in [0.5, 0.6) is 0 Å². The third-order valence-corrected chi connectivity index (χ3v) is 1.78. The Morgan fingerprint density at radius 1 is 1.13 bits per heavy atom. The SMILES string of the molecule is Nc1ccc(COCCC(F)(F)F)cc1. The lowest BCUT2D eigenvalue weighted by molar-refractivity contribution is -0.146. The van der Waals surface area contributed by atoms with Gasteiger partial charge in [-0.3, -0.25) is 0 Å². The number of nitrogen functional groups attached to an aromatic ring is 1. The lowest BCUT2D eigenvalue weighted by atomic mass is 10.2. The minimum Gasteiger partial charge on any atom is -0.399 e. The molecule has 1 aromatic rings. The molecule has 5 heteroatoms. The fourth-order valence-electron chi connectivity index (χ4n) is 0.992. The van der Waals surface area contributed by atoms with Crippen molar-refractivity contribution >= 4 is 5.69 Å². The Morgan fingerprint density at radius 2 is 1.73 bits per heavy atom. The van der Waals surface area contributed by atoms with Crippen LogP contribution >= 0.6 is 0 Å². The quantitative estimate of drug-likeness (QED) is 0.624. The van der Waals surface area contributed by atoms with Gasteiger partial charge in [0.1, 0.15) is 0 Å². The molecule has 0 heterocycles. The second kappa shape index (κ2) is 5.02. The van der Waals surface area contributed by atoms with E-state index in [1.54, 1.807) is 24.3 Å². The Labute approximate surface area is 85.8 Å². The molecular weight excluding hydrogens is 207 g/mol. The second-order valence-electron chi connectivity index (χ2n) is 3.16. The van der Waals surface area contributed by atoms with E-state index in [2.05, 4.69) is 0 Å². The third kappa shape index (κ3) is 5.27. The maximum atomic E-state index is 11.7. The first kappa shape index (κ1) is 11.8. The largest absolute Gasteiger partial charge is 0.399 e. The van der Waals surface area contributed by atoms with E-state index < -0.39 is 12.6 Å². The van der Waals surface area contributed by atoms with Crippen LogP contribution in [-0.2, 0) is 11.3 Å². The summed E-state index contributed by atoms with van der Waals surface area (Å²) in [5.74, 6) is 0. The summed E-state index contributed by atoms with van der Waals surface area (Å²) in [4.78, 5) is 0. The molecule has 0 aliphatic heterocycles. The zero-order valence-electron chi connectivity index (χ0n) is 8.05. The van der Waals surface area contributed by atoms with Crippen LogP contribution in [0.25, 0.3) is 0 Å². The highest BCUT2D eigenvalue weighted by molar-refractivity contribution is 5.39. The minimum absolute atomic E-state index is 0.177. The summed E-state index contributed by atoms with van der Waals surface area (Å²) in [6, 6.07) is 6.82.